The molecule has 0 saturated carbocycles. The predicted molar refractivity (Wildman–Crippen MR) is 96.5 cm³/mol. The van der Waals surface area contributed by atoms with Gasteiger partial charge in [0.2, 0.25) is 0 Å². The molecule has 0 aromatic heterocycles. The summed E-state index contributed by atoms with van der Waals surface area (Å²) < 4.78 is 5.89. The largest absolute Gasteiger partial charge is 0.492 e. The molecule has 3 nitrogen and oxygen atoms in total. The first kappa shape index (κ1) is 16.3. The van der Waals surface area contributed by atoms with Gasteiger partial charge < -0.3 is 15.4 Å². The minimum Gasteiger partial charge on any atom is -0.492 e. The molecule has 1 aliphatic rings. The molecule has 0 saturated heterocycles. The number of halogens is 1. The highest BCUT2D eigenvalue weighted by atomic mass is 35.5. The average molecular weight is 331 g/mol. The van der Waals surface area contributed by atoms with Gasteiger partial charge in [-0.05, 0) is 73.6 Å². The molecule has 2 N–H and O–H groups in total. The zero-order chi connectivity index (χ0) is 16.4. The van der Waals surface area contributed by atoms with Crippen LogP contribution in [-0.2, 0) is 0 Å². The van der Waals surface area contributed by atoms with Crippen LogP contribution < -0.4 is 10.5 Å². The van der Waals surface area contributed by atoms with Crippen molar-refractivity contribution in [3.05, 3.63) is 52.5 Å². The molecule has 0 fully saturated rings. The quantitative estimate of drug-likeness (QED) is 0.876. The Kier molecular flexibility index (Phi) is 4.90. The molecule has 0 aliphatic heterocycles. The number of nitrogens with two attached hydrogens (primary N) is 1. The maximum atomic E-state index is 6.20. The lowest BCUT2D eigenvalue weighted by molar-refractivity contribution is 0.261. The molecule has 0 spiro atoms. The summed E-state index contributed by atoms with van der Waals surface area (Å²) in [5.74, 6) is 1.23. The zero-order valence-electron chi connectivity index (χ0n) is 13.7. The minimum atomic E-state index is 0.307. The monoisotopic (exact) mass is 330 g/mol. The second-order valence-electron chi connectivity index (χ2n) is 6.26. The van der Waals surface area contributed by atoms with Crippen LogP contribution in [0.1, 0.15) is 23.5 Å². The number of nitrogens with zero attached hydrogens (tertiary/aromatic N) is 1. The Hall–Kier alpha value is -1.55. The van der Waals surface area contributed by atoms with Crippen LogP contribution in [0.4, 0.5) is 0 Å². The van der Waals surface area contributed by atoms with Crippen molar-refractivity contribution >= 4 is 11.6 Å². The molecule has 0 amide bonds. The van der Waals surface area contributed by atoms with Gasteiger partial charge in [-0.1, -0.05) is 23.7 Å². The third-order valence-electron chi connectivity index (χ3n) is 4.34. The van der Waals surface area contributed by atoms with Crippen molar-refractivity contribution in [2.45, 2.75) is 12.3 Å². The number of fused-ring (bicyclic) bond motifs is 3. The normalized spacial score (nSPS) is 15.6. The third kappa shape index (κ3) is 3.37. The van der Waals surface area contributed by atoms with Crippen molar-refractivity contribution in [2.24, 2.45) is 5.73 Å². The third-order valence-corrected chi connectivity index (χ3v) is 4.58. The smallest absolute Gasteiger partial charge is 0.119 e. The van der Waals surface area contributed by atoms with Crippen LogP contribution in [0.25, 0.3) is 11.1 Å². The van der Waals surface area contributed by atoms with Gasteiger partial charge in [0.25, 0.3) is 0 Å². The van der Waals surface area contributed by atoms with Crippen LogP contribution in [0, 0.1) is 0 Å². The summed E-state index contributed by atoms with van der Waals surface area (Å²) in [4.78, 5) is 2.11. The van der Waals surface area contributed by atoms with Crippen molar-refractivity contribution in [3.63, 3.8) is 0 Å². The Morgan fingerprint density at radius 2 is 1.78 bits per heavy atom. The maximum absolute atomic E-state index is 6.20. The van der Waals surface area contributed by atoms with Gasteiger partial charge in [0.1, 0.15) is 12.4 Å². The standard InChI is InChI=1S/C19H23ClN2O/c1-22(2)9-10-23-14-4-6-16-15-5-3-13(20)11-18(15)17(7-8-21)19(16)12-14/h3-6,11-12,17H,7-10,21H2,1-2H3. The summed E-state index contributed by atoms with van der Waals surface area (Å²) >= 11 is 6.20. The van der Waals surface area contributed by atoms with Crippen molar-refractivity contribution < 1.29 is 4.74 Å². The van der Waals surface area contributed by atoms with Gasteiger partial charge in [-0.15, -0.1) is 0 Å². The van der Waals surface area contributed by atoms with E-state index in [4.69, 9.17) is 22.1 Å². The van der Waals surface area contributed by atoms with Gasteiger partial charge in [0.15, 0.2) is 0 Å². The molecule has 23 heavy (non-hydrogen) atoms. The molecule has 0 radical (unpaired) electrons. The van der Waals surface area contributed by atoms with Crippen molar-refractivity contribution in [2.75, 3.05) is 33.8 Å². The summed E-state index contributed by atoms with van der Waals surface area (Å²) in [5.41, 5.74) is 11.0. The summed E-state index contributed by atoms with van der Waals surface area (Å²) in [6.07, 6.45) is 0.918. The Morgan fingerprint density at radius 1 is 1.09 bits per heavy atom. The number of rotatable bonds is 6. The molecule has 3 rings (SSSR count). The average Bonchev–Trinajstić information content (AvgIpc) is 2.80. The molecular formula is C19H23ClN2O. The Morgan fingerprint density at radius 3 is 2.48 bits per heavy atom. The van der Waals surface area contributed by atoms with E-state index in [1.165, 1.54) is 22.3 Å². The number of ether oxygens (including phenoxy) is 1. The highest BCUT2D eigenvalue weighted by Gasteiger charge is 2.28. The molecule has 4 heteroatoms. The highest BCUT2D eigenvalue weighted by molar-refractivity contribution is 6.30. The zero-order valence-corrected chi connectivity index (χ0v) is 14.4. The number of likely N-dealkylation sites (N-methyl/N-ethyl adjacent to an activating group) is 1. The maximum Gasteiger partial charge on any atom is 0.119 e. The van der Waals surface area contributed by atoms with E-state index in [0.29, 0.717) is 19.1 Å². The van der Waals surface area contributed by atoms with Crippen LogP contribution in [-0.4, -0.2) is 38.7 Å². The van der Waals surface area contributed by atoms with Gasteiger partial charge in [0.05, 0.1) is 0 Å². The fraction of sp³-hybridized carbons (Fsp3) is 0.368. The van der Waals surface area contributed by atoms with Crippen LogP contribution in [0.15, 0.2) is 36.4 Å². The molecule has 2 aromatic carbocycles. The molecule has 0 bridgehead atoms. The second-order valence-corrected chi connectivity index (χ2v) is 6.70. The van der Waals surface area contributed by atoms with E-state index < -0.39 is 0 Å². The molecule has 1 unspecified atom stereocenters. The van der Waals surface area contributed by atoms with E-state index in [-0.39, 0.29) is 0 Å². The predicted octanol–water partition coefficient (Wildman–Crippen LogP) is 3.74. The number of hydrogen-bond donors (Lipinski definition) is 1. The van der Waals surface area contributed by atoms with Gasteiger partial charge in [-0.2, -0.15) is 0 Å². The summed E-state index contributed by atoms with van der Waals surface area (Å²) in [7, 11) is 4.09. The van der Waals surface area contributed by atoms with Crippen molar-refractivity contribution in [1.29, 1.82) is 0 Å². The summed E-state index contributed by atoms with van der Waals surface area (Å²) in [5, 5.41) is 0.779. The van der Waals surface area contributed by atoms with E-state index in [0.717, 1.165) is 23.7 Å². The van der Waals surface area contributed by atoms with Gasteiger partial charge in [-0.3, -0.25) is 0 Å². The number of hydrogen-bond acceptors (Lipinski definition) is 3. The molecule has 0 heterocycles. The van der Waals surface area contributed by atoms with Crippen LogP contribution in [0.3, 0.4) is 0 Å². The molecule has 2 aromatic rings. The van der Waals surface area contributed by atoms with E-state index in [2.05, 4.69) is 35.2 Å². The first-order valence-corrected chi connectivity index (χ1v) is 8.39. The molecule has 1 aliphatic carbocycles. The number of benzene rings is 2. The first-order chi connectivity index (χ1) is 11.1. The Balaban J connectivity index is 1.91. The minimum absolute atomic E-state index is 0.307. The van der Waals surface area contributed by atoms with Crippen LogP contribution in [0.5, 0.6) is 5.75 Å². The van der Waals surface area contributed by atoms with Gasteiger partial charge in [-0.25, -0.2) is 0 Å². The lowest BCUT2D eigenvalue weighted by atomic mass is 9.93. The lowest BCUT2D eigenvalue weighted by Crippen LogP contribution is -2.19. The van der Waals surface area contributed by atoms with Crippen LogP contribution >= 0.6 is 11.6 Å². The van der Waals surface area contributed by atoms with E-state index in [9.17, 15) is 0 Å². The van der Waals surface area contributed by atoms with Gasteiger partial charge in [0, 0.05) is 17.5 Å². The SMILES string of the molecule is CN(C)CCOc1ccc2c(c1)C(CCN)c1cc(Cl)ccc1-2. The van der Waals surface area contributed by atoms with Crippen molar-refractivity contribution in [3.8, 4) is 16.9 Å². The molecular weight excluding hydrogens is 308 g/mol. The Bertz CT molecular complexity index is 700. The fourth-order valence-corrected chi connectivity index (χ4v) is 3.40. The fourth-order valence-electron chi connectivity index (χ4n) is 3.22. The van der Waals surface area contributed by atoms with E-state index in [1.54, 1.807) is 0 Å². The highest BCUT2D eigenvalue weighted by Crippen LogP contribution is 2.48. The Labute approximate surface area is 143 Å². The molecule has 1 atom stereocenters. The van der Waals surface area contributed by atoms with Crippen LogP contribution in [0.2, 0.25) is 5.02 Å². The van der Waals surface area contributed by atoms with E-state index >= 15 is 0 Å². The van der Waals surface area contributed by atoms with E-state index in [1.807, 2.05) is 20.2 Å². The summed E-state index contributed by atoms with van der Waals surface area (Å²) in [6, 6.07) is 12.5. The topological polar surface area (TPSA) is 38.5 Å². The summed E-state index contributed by atoms with van der Waals surface area (Å²) in [6.45, 7) is 2.24. The van der Waals surface area contributed by atoms with Gasteiger partial charge >= 0.3 is 0 Å². The lowest BCUT2D eigenvalue weighted by Gasteiger charge is -2.15. The first-order valence-electron chi connectivity index (χ1n) is 8.01. The second kappa shape index (κ2) is 6.91. The molecule has 122 valence electrons. The van der Waals surface area contributed by atoms with Crippen molar-refractivity contribution in [1.82, 2.24) is 4.90 Å².